The molecular weight excluding hydrogens is 270 g/mol. The Labute approximate surface area is 119 Å². The van der Waals surface area contributed by atoms with Crippen LogP contribution in [0, 0.1) is 0 Å². The molecule has 0 spiro atoms. The minimum atomic E-state index is -0.208. The highest BCUT2D eigenvalue weighted by atomic mass is 35.5. The smallest absolute Gasteiger partial charge is 0.305 e. The molecule has 5 nitrogen and oxygen atoms in total. The second-order valence-electron chi connectivity index (χ2n) is 3.67. The SMILES string of the molecule is CCOC(=O)CCCOc1cc(N)ccc1OC.Cl. The van der Waals surface area contributed by atoms with Gasteiger partial charge in [0.25, 0.3) is 0 Å². The van der Waals surface area contributed by atoms with Crippen molar-refractivity contribution in [2.24, 2.45) is 0 Å². The fourth-order valence-electron chi connectivity index (χ4n) is 1.44. The highest BCUT2D eigenvalue weighted by Crippen LogP contribution is 2.29. The van der Waals surface area contributed by atoms with Gasteiger partial charge in [-0.15, -0.1) is 12.4 Å². The number of halogens is 1. The first-order valence-electron chi connectivity index (χ1n) is 5.89. The van der Waals surface area contributed by atoms with Crippen LogP contribution in [-0.4, -0.2) is 26.3 Å². The van der Waals surface area contributed by atoms with E-state index in [0.29, 0.717) is 43.2 Å². The first-order chi connectivity index (χ1) is 8.67. The van der Waals surface area contributed by atoms with Gasteiger partial charge in [-0.25, -0.2) is 0 Å². The van der Waals surface area contributed by atoms with Crippen LogP contribution in [0.25, 0.3) is 0 Å². The average molecular weight is 290 g/mol. The Bertz CT molecular complexity index is 398. The highest BCUT2D eigenvalue weighted by Gasteiger charge is 2.06. The van der Waals surface area contributed by atoms with Crippen LogP contribution in [0.3, 0.4) is 0 Å². The van der Waals surface area contributed by atoms with Crippen LogP contribution in [-0.2, 0) is 9.53 Å². The molecule has 19 heavy (non-hydrogen) atoms. The molecule has 0 atom stereocenters. The number of nitrogen functional groups attached to an aromatic ring is 1. The van der Waals surface area contributed by atoms with E-state index in [9.17, 15) is 4.79 Å². The lowest BCUT2D eigenvalue weighted by Crippen LogP contribution is -2.07. The minimum Gasteiger partial charge on any atom is -0.493 e. The summed E-state index contributed by atoms with van der Waals surface area (Å²) in [5.74, 6) is 1.00. The second-order valence-corrected chi connectivity index (χ2v) is 3.67. The third-order valence-corrected chi connectivity index (χ3v) is 2.28. The summed E-state index contributed by atoms with van der Waals surface area (Å²) in [6.45, 7) is 2.60. The van der Waals surface area contributed by atoms with Crippen molar-refractivity contribution in [2.75, 3.05) is 26.1 Å². The van der Waals surface area contributed by atoms with Crippen LogP contribution in [0.15, 0.2) is 18.2 Å². The van der Waals surface area contributed by atoms with Crippen molar-refractivity contribution < 1.29 is 19.0 Å². The van der Waals surface area contributed by atoms with E-state index in [1.54, 1.807) is 32.2 Å². The van der Waals surface area contributed by atoms with Crippen molar-refractivity contribution >= 4 is 24.1 Å². The molecule has 0 aliphatic rings. The Kier molecular flexibility index (Phi) is 8.53. The van der Waals surface area contributed by atoms with E-state index in [1.165, 1.54) is 0 Å². The van der Waals surface area contributed by atoms with Crippen LogP contribution in [0.4, 0.5) is 5.69 Å². The van der Waals surface area contributed by atoms with Gasteiger partial charge in [-0.2, -0.15) is 0 Å². The molecule has 0 saturated heterocycles. The summed E-state index contributed by atoms with van der Waals surface area (Å²) in [6.07, 6.45) is 0.940. The number of anilines is 1. The maximum atomic E-state index is 11.1. The summed E-state index contributed by atoms with van der Waals surface area (Å²) in [5, 5.41) is 0. The van der Waals surface area contributed by atoms with Crippen molar-refractivity contribution in [2.45, 2.75) is 19.8 Å². The molecule has 108 valence electrons. The Morgan fingerprint density at radius 1 is 1.32 bits per heavy atom. The maximum absolute atomic E-state index is 11.1. The van der Waals surface area contributed by atoms with Crippen LogP contribution < -0.4 is 15.2 Å². The van der Waals surface area contributed by atoms with Crippen molar-refractivity contribution in [1.29, 1.82) is 0 Å². The number of nitrogens with two attached hydrogens (primary N) is 1. The third kappa shape index (κ3) is 6.20. The molecule has 2 N–H and O–H groups in total. The molecule has 0 aliphatic carbocycles. The fraction of sp³-hybridized carbons (Fsp3) is 0.462. The number of rotatable bonds is 7. The van der Waals surface area contributed by atoms with Gasteiger partial charge in [-0.1, -0.05) is 0 Å². The molecule has 6 heteroatoms. The molecule has 0 heterocycles. The van der Waals surface area contributed by atoms with E-state index in [1.807, 2.05) is 0 Å². The van der Waals surface area contributed by atoms with Gasteiger partial charge in [-0.3, -0.25) is 4.79 Å². The Morgan fingerprint density at radius 2 is 2.05 bits per heavy atom. The molecule has 1 aromatic carbocycles. The average Bonchev–Trinajstić information content (AvgIpc) is 2.35. The van der Waals surface area contributed by atoms with Crippen molar-refractivity contribution in [3.63, 3.8) is 0 Å². The first-order valence-corrected chi connectivity index (χ1v) is 5.89. The van der Waals surface area contributed by atoms with Gasteiger partial charge in [-0.05, 0) is 25.5 Å². The number of carbonyl (C=O) groups excluding carboxylic acids is 1. The second kappa shape index (κ2) is 9.33. The quantitative estimate of drug-likeness (QED) is 0.474. The van der Waals surface area contributed by atoms with Crippen molar-refractivity contribution in [3.05, 3.63) is 18.2 Å². The maximum Gasteiger partial charge on any atom is 0.305 e. The molecule has 0 aromatic heterocycles. The van der Waals surface area contributed by atoms with E-state index in [0.717, 1.165) is 0 Å². The molecule has 0 radical (unpaired) electrons. The summed E-state index contributed by atoms with van der Waals surface area (Å²) in [5.41, 5.74) is 6.27. The zero-order valence-electron chi connectivity index (χ0n) is 11.2. The number of hydrogen-bond acceptors (Lipinski definition) is 5. The third-order valence-electron chi connectivity index (χ3n) is 2.28. The lowest BCUT2D eigenvalue weighted by atomic mass is 10.3. The molecule has 0 fully saturated rings. The lowest BCUT2D eigenvalue weighted by molar-refractivity contribution is -0.143. The monoisotopic (exact) mass is 289 g/mol. The topological polar surface area (TPSA) is 70.8 Å². The van der Waals surface area contributed by atoms with Crippen LogP contribution in [0.1, 0.15) is 19.8 Å². The zero-order chi connectivity index (χ0) is 13.4. The van der Waals surface area contributed by atoms with Gasteiger partial charge in [0.1, 0.15) is 0 Å². The normalized spacial score (nSPS) is 9.37. The molecule has 0 bridgehead atoms. The summed E-state index contributed by atoms with van der Waals surface area (Å²) >= 11 is 0. The number of ether oxygens (including phenoxy) is 3. The first kappa shape index (κ1) is 17.4. The molecule has 0 unspecified atom stereocenters. The standard InChI is InChI=1S/C13H19NO4.ClH/c1-3-17-13(15)5-4-8-18-12-9-10(14)6-7-11(12)16-2;/h6-7,9H,3-5,8,14H2,1-2H3;1H. The fourth-order valence-corrected chi connectivity index (χ4v) is 1.44. The van der Waals surface area contributed by atoms with Gasteiger partial charge in [0.05, 0.1) is 20.3 Å². The van der Waals surface area contributed by atoms with Crippen LogP contribution in [0.2, 0.25) is 0 Å². The molecular formula is C13H20ClNO4. The van der Waals surface area contributed by atoms with Gasteiger partial charge in [0.15, 0.2) is 11.5 Å². The molecule has 1 aromatic rings. The number of methoxy groups -OCH3 is 1. The van der Waals surface area contributed by atoms with E-state index in [2.05, 4.69) is 0 Å². The van der Waals surface area contributed by atoms with E-state index < -0.39 is 0 Å². The van der Waals surface area contributed by atoms with Crippen LogP contribution in [0.5, 0.6) is 11.5 Å². The number of hydrogen-bond donors (Lipinski definition) is 1. The van der Waals surface area contributed by atoms with Crippen molar-refractivity contribution in [3.8, 4) is 11.5 Å². The van der Waals surface area contributed by atoms with E-state index in [-0.39, 0.29) is 18.4 Å². The predicted molar refractivity (Wildman–Crippen MR) is 76.0 cm³/mol. The largest absolute Gasteiger partial charge is 0.493 e. The number of esters is 1. The Balaban J connectivity index is 0.00000324. The van der Waals surface area contributed by atoms with Gasteiger partial charge >= 0.3 is 5.97 Å². The minimum absolute atomic E-state index is 0. The molecule has 0 aliphatic heterocycles. The molecule has 0 saturated carbocycles. The Hall–Kier alpha value is -1.62. The van der Waals surface area contributed by atoms with Crippen LogP contribution >= 0.6 is 12.4 Å². The summed E-state index contributed by atoms with van der Waals surface area (Å²) in [4.78, 5) is 11.1. The molecule has 0 amide bonds. The lowest BCUT2D eigenvalue weighted by Gasteiger charge is -2.11. The van der Waals surface area contributed by atoms with E-state index in [4.69, 9.17) is 19.9 Å². The number of benzene rings is 1. The van der Waals surface area contributed by atoms with Gasteiger partial charge in [0.2, 0.25) is 0 Å². The summed E-state index contributed by atoms with van der Waals surface area (Å²) < 4.78 is 15.5. The van der Waals surface area contributed by atoms with Gasteiger partial charge in [0, 0.05) is 18.2 Å². The highest BCUT2D eigenvalue weighted by molar-refractivity contribution is 5.85. The predicted octanol–water partition coefficient (Wildman–Crippen LogP) is 2.42. The molecule has 1 rings (SSSR count). The summed E-state index contributed by atoms with van der Waals surface area (Å²) in [6, 6.07) is 5.18. The summed E-state index contributed by atoms with van der Waals surface area (Å²) in [7, 11) is 1.57. The number of carbonyl (C=O) groups is 1. The Morgan fingerprint density at radius 3 is 2.68 bits per heavy atom. The van der Waals surface area contributed by atoms with E-state index >= 15 is 0 Å². The van der Waals surface area contributed by atoms with Gasteiger partial charge < -0.3 is 19.9 Å². The zero-order valence-corrected chi connectivity index (χ0v) is 12.0. The van der Waals surface area contributed by atoms with Crippen molar-refractivity contribution in [1.82, 2.24) is 0 Å².